The van der Waals surface area contributed by atoms with E-state index in [1.807, 2.05) is 12.1 Å². The van der Waals surface area contributed by atoms with Crippen LogP contribution in [0.1, 0.15) is 15.9 Å². The molecule has 1 heterocycles. The standard InChI is InChI=1S/C12H10N2O3/c15-12(16)10-5-9(8-13-17)6-11(7-10)14-3-1-2-4-14/h1-8,17H,(H,15,16). The summed E-state index contributed by atoms with van der Waals surface area (Å²) in [5.41, 5.74) is 1.37. The van der Waals surface area contributed by atoms with Gasteiger partial charge in [-0.05, 0) is 35.9 Å². The molecule has 0 atom stereocenters. The Kier molecular flexibility index (Phi) is 2.91. The number of carbonyl (C=O) groups is 1. The van der Waals surface area contributed by atoms with Crippen molar-refractivity contribution in [3.8, 4) is 5.69 Å². The van der Waals surface area contributed by atoms with Crippen LogP contribution in [0, 0.1) is 0 Å². The summed E-state index contributed by atoms with van der Waals surface area (Å²) in [6.45, 7) is 0. The minimum Gasteiger partial charge on any atom is -0.478 e. The lowest BCUT2D eigenvalue weighted by Gasteiger charge is -2.06. The summed E-state index contributed by atoms with van der Waals surface area (Å²) in [4.78, 5) is 11.0. The zero-order chi connectivity index (χ0) is 12.3. The number of benzene rings is 1. The molecule has 0 spiro atoms. The minimum atomic E-state index is -1.02. The van der Waals surface area contributed by atoms with Crippen LogP contribution in [0.15, 0.2) is 47.9 Å². The van der Waals surface area contributed by atoms with E-state index in [2.05, 4.69) is 5.16 Å². The maximum atomic E-state index is 11.0. The van der Waals surface area contributed by atoms with Gasteiger partial charge in [-0.1, -0.05) is 5.16 Å². The van der Waals surface area contributed by atoms with Crippen LogP contribution >= 0.6 is 0 Å². The summed E-state index contributed by atoms with van der Waals surface area (Å²) < 4.78 is 1.78. The van der Waals surface area contributed by atoms with Crippen molar-refractivity contribution in [3.05, 3.63) is 53.9 Å². The molecule has 17 heavy (non-hydrogen) atoms. The summed E-state index contributed by atoms with van der Waals surface area (Å²) in [5, 5.41) is 20.4. The van der Waals surface area contributed by atoms with Crippen molar-refractivity contribution in [2.45, 2.75) is 0 Å². The molecule has 0 saturated carbocycles. The molecule has 86 valence electrons. The van der Waals surface area contributed by atoms with E-state index in [0.29, 0.717) is 11.3 Å². The van der Waals surface area contributed by atoms with Gasteiger partial charge in [0.15, 0.2) is 0 Å². The molecule has 2 N–H and O–H groups in total. The molecule has 0 aliphatic heterocycles. The van der Waals surface area contributed by atoms with Gasteiger partial charge in [0.2, 0.25) is 0 Å². The summed E-state index contributed by atoms with van der Waals surface area (Å²) >= 11 is 0. The fourth-order valence-corrected chi connectivity index (χ4v) is 1.56. The zero-order valence-corrected chi connectivity index (χ0v) is 8.82. The molecule has 1 aromatic carbocycles. The molecule has 2 rings (SSSR count). The quantitative estimate of drug-likeness (QED) is 0.481. The molecule has 0 aliphatic carbocycles. The maximum Gasteiger partial charge on any atom is 0.335 e. The second-order valence-electron chi connectivity index (χ2n) is 3.45. The summed E-state index contributed by atoms with van der Waals surface area (Å²) in [7, 11) is 0. The summed E-state index contributed by atoms with van der Waals surface area (Å²) in [5.74, 6) is -1.02. The Bertz CT molecular complexity index is 559. The number of hydrogen-bond acceptors (Lipinski definition) is 3. The van der Waals surface area contributed by atoms with Crippen molar-refractivity contribution < 1.29 is 15.1 Å². The third-order valence-electron chi connectivity index (χ3n) is 2.30. The molecular formula is C12H10N2O3. The molecule has 0 saturated heterocycles. The van der Waals surface area contributed by atoms with Crippen molar-refractivity contribution in [2.24, 2.45) is 5.16 Å². The molecule has 0 unspecified atom stereocenters. The van der Waals surface area contributed by atoms with E-state index < -0.39 is 5.97 Å². The molecule has 5 nitrogen and oxygen atoms in total. The normalized spacial score (nSPS) is 10.8. The number of oxime groups is 1. The van der Waals surface area contributed by atoms with Crippen LogP contribution in [0.4, 0.5) is 0 Å². The van der Waals surface area contributed by atoms with Gasteiger partial charge in [-0.3, -0.25) is 0 Å². The molecule has 0 amide bonds. The first kappa shape index (κ1) is 10.9. The highest BCUT2D eigenvalue weighted by Crippen LogP contribution is 2.14. The Hall–Kier alpha value is -2.56. The number of rotatable bonds is 3. The largest absolute Gasteiger partial charge is 0.478 e. The molecule has 0 aliphatic rings. The Balaban J connectivity index is 2.56. The van der Waals surface area contributed by atoms with Gasteiger partial charge in [0, 0.05) is 18.1 Å². The summed E-state index contributed by atoms with van der Waals surface area (Å²) in [6.07, 6.45) is 4.81. The smallest absolute Gasteiger partial charge is 0.335 e. The second-order valence-corrected chi connectivity index (χ2v) is 3.45. The first-order valence-electron chi connectivity index (χ1n) is 4.90. The monoisotopic (exact) mass is 230 g/mol. The van der Waals surface area contributed by atoms with Crippen molar-refractivity contribution in [1.82, 2.24) is 4.57 Å². The van der Waals surface area contributed by atoms with Gasteiger partial charge in [0.25, 0.3) is 0 Å². The van der Waals surface area contributed by atoms with Crippen LogP contribution in [-0.2, 0) is 0 Å². The number of carboxylic acid groups (broad SMARTS) is 1. The molecule has 1 aromatic heterocycles. The van der Waals surface area contributed by atoms with E-state index in [0.717, 1.165) is 0 Å². The number of carboxylic acids is 1. The fourth-order valence-electron chi connectivity index (χ4n) is 1.56. The van der Waals surface area contributed by atoms with Crippen LogP contribution in [0.3, 0.4) is 0 Å². The molecule has 0 bridgehead atoms. The Morgan fingerprint density at radius 1 is 1.24 bits per heavy atom. The fraction of sp³-hybridized carbons (Fsp3) is 0. The van der Waals surface area contributed by atoms with Gasteiger partial charge in [0.1, 0.15) is 0 Å². The SMILES string of the molecule is O=C(O)c1cc(C=NO)cc(-n2cccc2)c1. The lowest BCUT2D eigenvalue weighted by Crippen LogP contribution is -2.01. The number of aromatic nitrogens is 1. The zero-order valence-electron chi connectivity index (χ0n) is 8.82. The van der Waals surface area contributed by atoms with E-state index in [-0.39, 0.29) is 5.56 Å². The van der Waals surface area contributed by atoms with Gasteiger partial charge in [0.05, 0.1) is 11.8 Å². The number of hydrogen-bond donors (Lipinski definition) is 2. The van der Waals surface area contributed by atoms with E-state index in [9.17, 15) is 4.79 Å². The van der Waals surface area contributed by atoms with Crippen molar-refractivity contribution in [3.63, 3.8) is 0 Å². The van der Waals surface area contributed by atoms with E-state index >= 15 is 0 Å². The number of nitrogens with zero attached hydrogens (tertiary/aromatic N) is 2. The van der Waals surface area contributed by atoms with E-state index in [1.54, 1.807) is 29.1 Å². The highest BCUT2D eigenvalue weighted by molar-refractivity contribution is 5.92. The maximum absolute atomic E-state index is 11.0. The molecular weight excluding hydrogens is 220 g/mol. The first-order valence-corrected chi connectivity index (χ1v) is 4.90. The molecule has 0 radical (unpaired) electrons. The topological polar surface area (TPSA) is 74.8 Å². The van der Waals surface area contributed by atoms with Gasteiger partial charge < -0.3 is 14.9 Å². The lowest BCUT2D eigenvalue weighted by molar-refractivity contribution is 0.0697. The average molecular weight is 230 g/mol. The Morgan fingerprint density at radius 2 is 1.94 bits per heavy atom. The molecule has 5 heteroatoms. The molecule has 2 aromatic rings. The van der Waals surface area contributed by atoms with E-state index in [1.165, 1.54) is 12.3 Å². The van der Waals surface area contributed by atoms with Crippen LogP contribution in [-0.4, -0.2) is 27.1 Å². The van der Waals surface area contributed by atoms with Crippen LogP contribution in [0.5, 0.6) is 0 Å². The van der Waals surface area contributed by atoms with Crippen LogP contribution in [0.25, 0.3) is 5.69 Å². The van der Waals surface area contributed by atoms with Crippen molar-refractivity contribution >= 4 is 12.2 Å². The van der Waals surface area contributed by atoms with Crippen LogP contribution in [0.2, 0.25) is 0 Å². The Morgan fingerprint density at radius 3 is 2.53 bits per heavy atom. The third-order valence-corrected chi connectivity index (χ3v) is 2.30. The second kappa shape index (κ2) is 4.52. The highest BCUT2D eigenvalue weighted by Gasteiger charge is 2.07. The Labute approximate surface area is 97.2 Å². The molecule has 0 fully saturated rings. The lowest BCUT2D eigenvalue weighted by atomic mass is 10.1. The first-order chi connectivity index (χ1) is 8.20. The average Bonchev–Trinajstić information content (AvgIpc) is 2.82. The van der Waals surface area contributed by atoms with Crippen molar-refractivity contribution in [2.75, 3.05) is 0 Å². The van der Waals surface area contributed by atoms with Gasteiger partial charge in [-0.25, -0.2) is 4.79 Å². The van der Waals surface area contributed by atoms with Crippen molar-refractivity contribution in [1.29, 1.82) is 0 Å². The highest BCUT2D eigenvalue weighted by atomic mass is 16.4. The third kappa shape index (κ3) is 2.34. The van der Waals surface area contributed by atoms with Gasteiger partial charge >= 0.3 is 5.97 Å². The number of aromatic carboxylic acids is 1. The van der Waals surface area contributed by atoms with Gasteiger partial charge in [-0.15, -0.1) is 0 Å². The minimum absolute atomic E-state index is 0.145. The van der Waals surface area contributed by atoms with Gasteiger partial charge in [-0.2, -0.15) is 0 Å². The predicted molar refractivity (Wildman–Crippen MR) is 62.1 cm³/mol. The summed E-state index contributed by atoms with van der Waals surface area (Å²) in [6, 6.07) is 8.40. The van der Waals surface area contributed by atoms with E-state index in [4.69, 9.17) is 10.3 Å². The van der Waals surface area contributed by atoms with Crippen LogP contribution < -0.4 is 0 Å². The predicted octanol–water partition coefficient (Wildman–Crippen LogP) is 1.98.